The summed E-state index contributed by atoms with van der Waals surface area (Å²) in [7, 11) is 0. The Morgan fingerprint density at radius 3 is 2.47 bits per heavy atom. The normalized spacial score (nSPS) is 14.6. The minimum Gasteiger partial charge on any atom is -0.619 e. The predicted molar refractivity (Wildman–Crippen MR) is 133 cm³/mol. The number of pyridine rings is 1. The summed E-state index contributed by atoms with van der Waals surface area (Å²) in [5, 5.41) is 11.8. The Balaban J connectivity index is 1.86. The third-order valence-electron chi connectivity index (χ3n) is 5.70. The van der Waals surface area contributed by atoms with E-state index in [9.17, 15) is 23.6 Å². The molecular weight excluding hydrogens is 549 g/mol. The molecule has 1 aromatic carbocycles. The lowest BCUT2D eigenvalue weighted by atomic mass is 10.0. The number of aromatic nitrogens is 1. The number of halogens is 4. The Labute approximate surface area is 228 Å². The Morgan fingerprint density at radius 2 is 1.87 bits per heavy atom. The average molecular weight is 577 g/mol. The molecule has 208 valence electrons. The fourth-order valence-electron chi connectivity index (χ4n) is 3.53. The first kappa shape index (κ1) is 29.7. The first-order chi connectivity index (χ1) is 18.0. The number of alkyl halides is 2. The van der Waals surface area contributed by atoms with E-state index in [1.165, 1.54) is 25.1 Å². The van der Waals surface area contributed by atoms with E-state index >= 15 is 0 Å². The van der Waals surface area contributed by atoms with Gasteiger partial charge in [-0.25, -0.2) is 0 Å². The van der Waals surface area contributed by atoms with Crippen molar-refractivity contribution >= 4 is 35.1 Å². The molecule has 1 aromatic heterocycles. The van der Waals surface area contributed by atoms with Crippen LogP contribution in [0.2, 0.25) is 10.0 Å². The summed E-state index contributed by atoms with van der Waals surface area (Å²) in [6.45, 7) is -1.38. The number of nitrogens with zero attached hydrogens (tertiary/aromatic N) is 1. The number of carbonyl (C=O) groups excluding carboxylic acids is 2. The highest BCUT2D eigenvalue weighted by molar-refractivity contribution is 6.35. The summed E-state index contributed by atoms with van der Waals surface area (Å²) in [6.07, 6.45) is 3.59. The van der Waals surface area contributed by atoms with Gasteiger partial charge in [-0.2, -0.15) is 13.5 Å². The first-order valence-electron chi connectivity index (χ1n) is 11.9. The van der Waals surface area contributed by atoms with Gasteiger partial charge < -0.3 is 29.9 Å². The Bertz CT molecular complexity index is 1110. The zero-order chi connectivity index (χ0) is 27.8. The maximum absolute atomic E-state index is 13.0. The van der Waals surface area contributed by atoms with Crippen LogP contribution in [-0.4, -0.2) is 37.8 Å². The SMILES string of the molecule is CC(=O)OCCCC(N)C(=O)OC(Cc1c(Cl)c[n+]([O-])cc1Cl)c1ccc(OC(F)F)c(OCC2CC2)c1. The number of esters is 2. The monoisotopic (exact) mass is 576 g/mol. The highest BCUT2D eigenvalue weighted by Gasteiger charge is 2.27. The van der Waals surface area contributed by atoms with Gasteiger partial charge in [0.05, 0.1) is 13.2 Å². The number of hydrogen-bond acceptors (Lipinski definition) is 8. The zero-order valence-corrected chi connectivity index (χ0v) is 22.1. The van der Waals surface area contributed by atoms with E-state index in [2.05, 4.69) is 4.74 Å². The minimum absolute atomic E-state index is 0.0436. The van der Waals surface area contributed by atoms with Gasteiger partial charge in [0.1, 0.15) is 22.2 Å². The Kier molecular flexibility index (Phi) is 10.7. The van der Waals surface area contributed by atoms with Gasteiger partial charge in [0, 0.05) is 18.9 Å². The maximum Gasteiger partial charge on any atom is 0.387 e. The summed E-state index contributed by atoms with van der Waals surface area (Å²) in [6, 6.07) is 3.15. The number of rotatable bonds is 14. The molecule has 2 unspecified atom stereocenters. The quantitative estimate of drug-likeness (QED) is 0.151. The van der Waals surface area contributed by atoms with Crippen LogP contribution in [0.4, 0.5) is 8.78 Å². The molecule has 0 aliphatic heterocycles. The van der Waals surface area contributed by atoms with Crippen LogP contribution < -0.4 is 19.9 Å². The number of carbonyl (C=O) groups is 2. The average Bonchev–Trinajstić information content (AvgIpc) is 3.66. The molecule has 0 bridgehead atoms. The molecule has 1 heterocycles. The second-order valence-electron chi connectivity index (χ2n) is 8.85. The highest BCUT2D eigenvalue weighted by Crippen LogP contribution is 2.37. The molecular formula is C25H28Cl2F2N2O7. The van der Waals surface area contributed by atoms with Crippen molar-refractivity contribution in [3.8, 4) is 11.5 Å². The molecule has 9 nitrogen and oxygen atoms in total. The van der Waals surface area contributed by atoms with Crippen molar-refractivity contribution in [2.24, 2.45) is 11.7 Å². The van der Waals surface area contributed by atoms with Gasteiger partial charge in [0.2, 0.25) is 0 Å². The van der Waals surface area contributed by atoms with Crippen molar-refractivity contribution in [2.45, 2.75) is 57.8 Å². The Hall–Kier alpha value is -2.89. The molecule has 2 atom stereocenters. The van der Waals surface area contributed by atoms with Crippen molar-refractivity contribution in [1.82, 2.24) is 0 Å². The van der Waals surface area contributed by atoms with E-state index in [1.807, 2.05) is 0 Å². The third kappa shape index (κ3) is 9.14. The van der Waals surface area contributed by atoms with Crippen molar-refractivity contribution in [2.75, 3.05) is 13.2 Å². The number of ether oxygens (including phenoxy) is 4. The highest BCUT2D eigenvalue weighted by atomic mass is 35.5. The number of hydrogen-bond donors (Lipinski definition) is 1. The fraction of sp³-hybridized carbons (Fsp3) is 0.480. The van der Waals surface area contributed by atoms with E-state index in [1.54, 1.807) is 0 Å². The molecule has 2 aromatic rings. The lowest BCUT2D eigenvalue weighted by molar-refractivity contribution is -0.605. The molecule has 0 saturated heterocycles. The number of nitrogens with two attached hydrogens (primary N) is 1. The summed E-state index contributed by atoms with van der Waals surface area (Å²) >= 11 is 12.5. The third-order valence-corrected chi connectivity index (χ3v) is 6.35. The van der Waals surface area contributed by atoms with Crippen LogP contribution in [0.5, 0.6) is 11.5 Å². The predicted octanol–water partition coefficient (Wildman–Crippen LogP) is 4.51. The molecule has 3 rings (SSSR count). The molecule has 1 saturated carbocycles. The molecule has 38 heavy (non-hydrogen) atoms. The standard InChI is InChI=1S/C25H28Cl2F2N2O7/c1-14(32)35-8-2-3-20(30)24(33)37-22(10-17-18(26)11-31(34)12-19(17)27)16-6-7-21(38-25(28)29)23(9-16)36-13-15-4-5-15/h6-7,9,11-12,15,20,22,25H,2-5,8,10,13,30H2,1H3. The van der Waals surface area contributed by atoms with Gasteiger partial charge in [-0.3, -0.25) is 9.59 Å². The van der Waals surface area contributed by atoms with Gasteiger partial charge >= 0.3 is 18.6 Å². The molecule has 1 aliphatic rings. The zero-order valence-electron chi connectivity index (χ0n) is 20.5. The molecule has 0 spiro atoms. The second kappa shape index (κ2) is 13.8. The topological polar surface area (TPSA) is 124 Å². The molecule has 13 heteroatoms. The smallest absolute Gasteiger partial charge is 0.387 e. The van der Waals surface area contributed by atoms with Gasteiger partial charge in [-0.05, 0) is 49.3 Å². The number of benzene rings is 1. The van der Waals surface area contributed by atoms with E-state index in [4.69, 9.17) is 43.1 Å². The van der Waals surface area contributed by atoms with E-state index in [0.717, 1.165) is 25.2 Å². The molecule has 1 aliphatic carbocycles. The fourth-order valence-corrected chi connectivity index (χ4v) is 4.13. The van der Waals surface area contributed by atoms with E-state index < -0.39 is 30.7 Å². The van der Waals surface area contributed by atoms with Crippen molar-refractivity contribution in [3.63, 3.8) is 0 Å². The van der Waals surface area contributed by atoms with Gasteiger partial charge in [-0.15, -0.1) is 0 Å². The van der Waals surface area contributed by atoms with Crippen molar-refractivity contribution in [1.29, 1.82) is 0 Å². The van der Waals surface area contributed by atoms with Crippen LogP contribution in [0.25, 0.3) is 0 Å². The maximum atomic E-state index is 13.0. The molecule has 2 N–H and O–H groups in total. The van der Waals surface area contributed by atoms with Gasteiger partial charge in [-0.1, -0.05) is 29.3 Å². The van der Waals surface area contributed by atoms with Crippen LogP contribution in [0.15, 0.2) is 30.6 Å². The van der Waals surface area contributed by atoms with Crippen molar-refractivity contribution < 1.29 is 42.0 Å². The molecule has 1 fully saturated rings. The first-order valence-corrected chi connectivity index (χ1v) is 12.7. The Morgan fingerprint density at radius 1 is 1.18 bits per heavy atom. The largest absolute Gasteiger partial charge is 0.619 e. The van der Waals surface area contributed by atoms with Gasteiger partial charge in [0.25, 0.3) is 0 Å². The van der Waals surface area contributed by atoms with Crippen LogP contribution >= 0.6 is 23.2 Å². The summed E-state index contributed by atoms with van der Waals surface area (Å²) < 4.78 is 47.3. The van der Waals surface area contributed by atoms with Crippen molar-refractivity contribution in [3.05, 3.63) is 57.0 Å². The van der Waals surface area contributed by atoms with E-state index in [-0.39, 0.29) is 41.0 Å². The summed E-state index contributed by atoms with van der Waals surface area (Å²) in [5.74, 6) is -0.981. The summed E-state index contributed by atoms with van der Waals surface area (Å²) in [5.41, 5.74) is 6.70. The summed E-state index contributed by atoms with van der Waals surface area (Å²) in [4.78, 5) is 23.8. The second-order valence-corrected chi connectivity index (χ2v) is 9.66. The molecule has 0 radical (unpaired) electrons. The lowest BCUT2D eigenvalue weighted by Gasteiger charge is -2.23. The molecule has 0 amide bonds. The van der Waals surface area contributed by atoms with Crippen LogP contribution in [0.1, 0.15) is 49.8 Å². The van der Waals surface area contributed by atoms with Crippen LogP contribution in [-0.2, 0) is 25.5 Å². The lowest BCUT2D eigenvalue weighted by Crippen LogP contribution is -2.34. The van der Waals surface area contributed by atoms with Crippen LogP contribution in [0, 0.1) is 11.1 Å². The van der Waals surface area contributed by atoms with Crippen LogP contribution in [0.3, 0.4) is 0 Å². The minimum atomic E-state index is -3.07. The van der Waals surface area contributed by atoms with Gasteiger partial charge in [0.15, 0.2) is 23.9 Å². The van der Waals surface area contributed by atoms with E-state index in [0.29, 0.717) is 34.8 Å².